The molecule has 21 heavy (non-hydrogen) atoms. The van der Waals surface area contributed by atoms with Crippen LogP contribution in [0.15, 0.2) is 34.3 Å². The molecule has 8 heteroatoms. The second kappa shape index (κ2) is 7.63. The molecule has 0 aromatic heterocycles. The van der Waals surface area contributed by atoms with Crippen molar-refractivity contribution in [2.45, 2.75) is 25.2 Å². The molecule has 0 aliphatic carbocycles. The van der Waals surface area contributed by atoms with Gasteiger partial charge in [0.05, 0.1) is 4.90 Å². The minimum absolute atomic E-state index is 0.00457. The molecular weight excluding hydrogens is 314 g/mol. The third-order valence-corrected chi connectivity index (χ3v) is 4.90. The summed E-state index contributed by atoms with van der Waals surface area (Å²) in [5.74, 6) is 0.148. The van der Waals surface area contributed by atoms with Gasteiger partial charge >= 0.3 is 0 Å². The van der Waals surface area contributed by atoms with Crippen molar-refractivity contribution in [3.8, 4) is 0 Å². The molecule has 0 spiro atoms. The molecule has 0 aliphatic heterocycles. The normalized spacial score (nSPS) is 13.1. The Bertz CT molecular complexity index is 585. The Labute approximate surface area is 130 Å². The minimum atomic E-state index is -3.63. The lowest BCUT2D eigenvalue weighted by Gasteiger charge is -2.23. The van der Waals surface area contributed by atoms with Gasteiger partial charge in [-0.15, -0.1) is 0 Å². The van der Waals surface area contributed by atoms with Crippen molar-refractivity contribution in [2.75, 3.05) is 13.1 Å². The minimum Gasteiger partial charge on any atom is -0.409 e. The van der Waals surface area contributed by atoms with Crippen molar-refractivity contribution in [3.05, 3.63) is 29.3 Å². The van der Waals surface area contributed by atoms with Crippen LogP contribution < -0.4 is 5.73 Å². The first-order chi connectivity index (χ1) is 9.77. The number of halogens is 1. The summed E-state index contributed by atoms with van der Waals surface area (Å²) in [7, 11) is -3.63. The molecule has 0 fully saturated rings. The fraction of sp³-hybridized carbons (Fsp3) is 0.462. The molecule has 1 aromatic carbocycles. The molecule has 1 aromatic rings. The highest BCUT2D eigenvalue weighted by Gasteiger charge is 2.25. The number of nitrogens with two attached hydrogens (primary N) is 1. The van der Waals surface area contributed by atoms with E-state index < -0.39 is 10.0 Å². The van der Waals surface area contributed by atoms with Crippen LogP contribution in [-0.2, 0) is 10.0 Å². The molecule has 0 saturated heterocycles. The van der Waals surface area contributed by atoms with Crippen molar-refractivity contribution in [3.63, 3.8) is 0 Å². The highest BCUT2D eigenvalue weighted by molar-refractivity contribution is 7.89. The number of amidine groups is 1. The molecule has 118 valence electrons. The van der Waals surface area contributed by atoms with Crippen molar-refractivity contribution in [2.24, 2.45) is 16.8 Å². The number of hydrogen-bond acceptors (Lipinski definition) is 4. The van der Waals surface area contributed by atoms with Crippen LogP contribution in [0.4, 0.5) is 0 Å². The van der Waals surface area contributed by atoms with E-state index in [1.165, 1.54) is 28.6 Å². The van der Waals surface area contributed by atoms with E-state index in [4.69, 9.17) is 22.5 Å². The molecule has 0 atom stereocenters. The Morgan fingerprint density at radius 2 is 1.95 bits per heavy atom. The Morgan fingerprint density at radius 3 is 2.43 bits per heavy atom. The van der Waals surface area contributed by atoms with E-state index in [0.29, 0.717) is 11.6 Å². The standard InChI is InChI=1S/C13H20ClN3O3S/c1-10(2)9-17(8-7-13(15)16-18)21(19,20)12-5-3-11(14)4-6-12/h3-6,10,18H,7-9H2,1-2H3,(H2,15,16). The maximum atomic E-state index is 12.6. The van der Waals surface area contributed by atoms with Crippen molar-refractivity contribution < 1.29 is 13.6 Å². The number of benzene rings is 1. The van der Waals surface area contributed by atoms with Crippen LogP contribution in [-0.4, -0.2) is 36.9 Å². The van der Waals surface area contributed by atoms with Gasteiger partial charge in [0, 0.05) is 24.5 Å². The summed E-state index contributed by atoms with van der Waals surface area (Å²) in [6, 6.07) is 6.00. The zero-order valence-electron chi connectivity index (χ0n) is 12.0. The number of rotatable bonds is 7. The molecule has 6 nitrogen and oxygen atoms in total. The summed E-state index contributed by atoms with van der Waals surface area (Å²) in [4.78, 5) is 0.173. The van der Waals surface area contributed by atoms with Gasteiger partial charge in [-0.05, 0) is 30.2 Å². The smallest absolute Gasteiger partial charge is 0.243 e. The van der Waals surface area contributed by atoms with E-state index in [-0.39, 0.29) is 29.6 Å². The van der Waals surface area contributed by atoms with Crippen molar-refractivity contribution in [1.29, 1.82) is 0 Å². The summed E-state index contributed by atoms with van der Waals surface area (Å²) in [5.41, 5.74) is 5.41. The van der Waals surface area contributed by atoms with Crippen LogP contribution in [0.3, 0.4) is 0 Å². The Hall–Kier alpha value is -1.31. The highest BCUT2D eigenvalue weighted by Crippen LogP contribution is 2.19. The quantitative estimate of drug-likeness (QED) is 0.346. The Kier molecular flexibility index (Phi) is 6.44. The molecule has 0 heterocycles. The van der Waals surface area contributed by atoms with Gasteiger partial charge in [-0.2, -0.15) is 4.31 Å². The Balaban J connectivity index is 3.02. The fourth-order valence-electron chi connectivity index (χ4n) is 1.76. The van der Waals surface area contributed by atoms with Crippen LogP contribution in [0.2, 0.25) is 5.02 Å². The average molecular weight is 334 g/mol. The molecule has 3 N–H and O–H groups in total. The first kappa shape index (κ1) is 17.7. The number of sulfonamides is 1. The molecular formula is C13H20ClN3O3S. The van der Waals surface area contributed by atoms with Gasteiger partial charge in [0.1, 0.15) is 5.84 Å². The van der Waals surface area contributed by atoms with Crippen LogP contribution in [0.1, 0.15) is 20.3 Å². The predicted molar refractivity (Wildman–Crippen MR) is 83.1 cm³/mol. The van der Waals surface area contributed by atoms with E-state index in [2.05, 4.69) is 5.16 Å². The van der Waals surface area contributed by atoms with Gasteiger partial charge in [-0.1, -0.05) is 30.6 Å². The lowest BCUT2D eigenvalue weighted by Crippen LogP contribution is -2.36. The molecule has 0 aliphatic rings. The van der Waals surface area contributed by atoms with Crippen molar-refractivity contribution in [1.82, 2.24) is 4.31 Å². The molecule has 0 unspecified atom stereocenters. The molecule has 1 rings (SSSR count). The second-order valence-electron chi connectivity index (χ2n) is 5.05. The maximum Gasteiger partial charge on any atom is 0.243 e. The van der Waals surface area contributed by atoms with Gasteiger partial charge in [0.2, 0.25) is 10.0 Å². The van der Waals surface area contributed by atoms with Crippen LogP contribution in [0.5, 0.6) is 0 Å². The topological polar surface area (TPSA) is 96.0 Å². The lowest BCUT2D eigenvalue weighted by molar-refractivity contribution is 0.314. The molecule has 0 radical (unpaired) electrons. The van der Waals surface area contributed by atoms with Gasteiger partial charge < -0.3 is 10.9 Å². The van der Waals surface area contributed by atoms with Gasteiger partial charge in [-0.25, -0.2) is 8.42 Å². The zero-order valence-corrected chi connectivity index (χ0v) is 13.6. The summed E-state index contributed by atoms with van der Waals surface area (Å²) in [6.07, 6.45) is 0.163. The number of oxime groups is 1. The molecule has 0 amide bonds. The first-order valence-corrected chi connectivity index (χ1v) is 8.31. The van der Waals surface area contributed by atoms with E-state index in [9.17, 15) is 8.42 Å². The number of nitrogens with zero attached hydrogens (tertiary/aromatic N) is 2. The fourth-order valence-corrected chi connectivity index (χ4v) is 3.49. The maximum absolute atomic E-state index is 12.6. The number of hydrogen-bond donors (Lipinski definition) is 2. The SMILES string of the molecule is CC(C)CN(CCC(N)=NO)S(=O)(=O)c1ccc(Cl)cc1. The third-order valence-electron chi connectivity index (χ3n) is 2.77. The predicted octanol–water partition coefficient (Wildman–Crippen LogP) is 2.12. The van der Waals surface area contributed by atoms with Gasteiger partial charge in [0.15, 0.2) is 0 Å². The first-order valence-electron chi connectivity index (χ1n) is 6.49. The average Bonchev–Trinajstić information content (AvgIpc) is 2.43. The monoisotopic (exact) mass is 333 g/mol. The van der Waals surface area contributed by atoms with E-state index >= 15 is 0 Å². The van der Waals surface area contributed by atoms with Crippen molar-refractivity contribution >= 4 is 27.5 Å². The molecule has 0 bridgehead atoms. The largest absolute Gasteiger partial charge is 0.409 e. The van der Waals surface area contributed by atoms with E-state index in [1.807, 2.05) is 13.8 Å². The zero-order chi connectivity index (χ0) is 16.0. The van der Waals surface area contributed by atoms with E-state index in [0.717, 1.165) is 0 Å². The second-order valence-corrected chi connectivity index (χ2v) is 7.43. The van der Waals surface area contributed by atoms with Gasteiger partial charge in [0.25, 0.3) is 0 Å². The Morgan fingerprint density at radius 1 is 1.38 bits per heavy atom. The molecule has 0 saturated carbocycles. The van der Waals surface area contributed by atoms with Crippen LogP contribution in [0, 0.1) is 5.92 Å². The van der Waals surface area contributed by atoms with Gasteiger partial charge in [-0.3, -0.25) is 0 Å². The highest BCUT2D eigenvalue weighted by atomic mass is 35.5. The lowest BCUT2D eigenvalue weighted by atomic mass is 10.2. The summed E-state index contributed by atoms with van der Waals surface area (Å²) >= 11 is 5.78. The van der Waals surface area contributed by atoms with E-state index in [1.54, 1.807) is 0 Å². The summed E-state index contributed by atoms with van der Waals surface area (Å²) in [6.45, 7) is 4.35. The summed E-state index contributed by atoms with van der Waals surface area (Å²) in [5, 5.41) is 11.9. The van der Waals surface area contributed by atoms with Crippen LogP contribution in [0.25, 0.3) is 0 Å². The van der Waals surface area contributed by atoms with Crippen LogP contribution >= 0.6 is 11.6 Å². The summed E-state index contributed by atoms with van der Waals surface area (Å²) < 4.78 is 26.6. The third kappa shape index (κ3) is 5.18.